The zero-order valence-corrected chi connectivity index (χ0v) is 11.1. The van der Waals surface area contributed by atoms with Crippen molar-refractivity contribution in [2.45, 2.75) is 46.1 Å². The van der Waals surface area contributed by atoms with Gasteiger partial charge in [-0.3, -0.25) is 0 Å². The minimum Gasteiger partial charge on any atom is -0.378 e. The smallest absolute Gasteiger partial charge is 0.0439 e. The van der Waals surface area contributed by atoms with Gasteiger partial charge in [-0.25, -0.2) is 0 Å². The number of para-hydroxylation sites is 1. The van der Waals surface area contributed by atoms with Gasteiger partial charge in [0.1, 0.15) is 0 Å². The standard InChI is InChI=1S/C14H24N2/c1-10(2)12-8-6-7-11(3)13(12)16-14(4,5)9-15/h6-8,10,16H,9,15H2,1-5H3. The maximum absolute atomic E-state index is 5.77. The molecule has 0 amide bonds. The predicted molar refractivity (Wildman–Crippen MR) is 72.0 cm³/mol. The topological polar surface area (TPSA) is 38.0 Å². The molecule has 0 fully saturated rings. The average Bonchev–Trinajstić information content (AvgIpc) is 2.20. The first kappa shape index (κ1) is 13.0. The summed E-state index contributed by atoms with van der Waals surface area (Å²) in [6, 6.07) is 6.44. The number of nitrogens with one attached hydrogen (secondary N) is 1. The van der Waals surface area contributed by atoms with E-state index in [1.54, 1.807) is 0 Å². The summed E-state index contributed by atoms with van der Waals surface area (Å²) in [5.41, 5.74) is 9.60. The van der Waals surface area contributed by atoms with Gasteiger partial charge >= 0.3 is 0 Å². The molecule has 16 heavy (non-hydrogen) atoms. The van der Waals surface area contributed by atoms with Crippen LogP contribution in [-0.4, -0.2) is 12.1 Å². The highest BCUT2D eigenvalue weighted by molar-refractivity contribution is 5.59. The number of hydrogen-bond donors (Lipinski definition) is 2. The molecule has 2 heteroatoms. The van der Waals surface area contributed by atoms with E-state index in [0.29, 0.717) is 12.5 Å². The van der Waals surface area contributed by atoms with E-state index in [2.05, 4.69) is 58.1 Å². The fourth-order valence-corrected chi connectivity index (χ4v) is 1.73. The highest BCUT2D eigenvalue weighted by Crippen LogP contribution is 2.29. The molecule has 0 atom stereocenters. The van der Waals surface area contributed by atoms with Crippen LogP contribution in [0.2, 0.25) is 0 Å². The van der Waals surface area contributed by atoms with E-state index < -0.39 is 0 Å². The van der Waals surface area contributed by atoms with Crippen LogP contribution in [0.1, 0.15) is 44.7 Å². The second-order valence-electron chi connectivity index (χ2n) is 5.41. The van der Waals surface area contributed by atoms with Gasteiger partial charge in [-0.1, -0.05) is 32.0 Å². The van der Waals surface area contributed by atoms with Gasteiger partial charge in [-0.15, -0.1) is 0 Å². The van der Waals surface area contributed by atoms with Gasteiger partial charge < -0.3 is 11.1 Å². The van der Waals surface area contributed by atoms with E-state index in [9.17, 15) is 0 Å². The molecule has 90 valence electrons. The summed E-state index contributed by atoms with van der Waals surface area (Å²) in [6.07, 6.45) is 0. The number of hydrogen-bond acceptors (Lipinski definition) is 2. The molecule has 0 aromatic heterocycles. The summed E-state index contributed by atoms with van der Waals surface area (Å²) < 4.78 is 0. The lowest BCUT2D eigenvalue weighted by Crippen LogP contribution is -2.39. The van der Waals surface area contributed by atoms with Crippen LogP contribution in [-0.2, 0) is 0 Å². The normalized spacial score (nSPS) is 11.9. The van der Waals surface area contributed by atoms with E-state index in [1.807, 2.05) is 0 Å². The van der Waals surface area contributed by atoms with Crippen molar-refractivity contribution in [3.8, 4) is 0 Å². The lowest BCUT2D eigenvalue weighted by atomic mass is 9.96. The van der Waals surface area contributed by atoms with Crippen molar-refractivity contribution < 1.29 is 0 Å². The zero-order chi connectivity index (χ0) is 12.3. The van der Waals surface area contributed by atoms with Crippen LogP contribution in [0.3, 0.4) is 0 Å². The molecule has 0 saturated heterocycles. The third kappa shape index (κ3) is 2.99. The third-order valence-electron chi connectivity index (χ3n) is 2.90. The van der Waals surface area contributed by atoms with Crippen LogP contribution in [0.15, 0.2) is 18.2 Å². The molecular weight excluding hydrogens is 196 g/mol. The fraction of sp³-hybridized carbons (Fsp3) is 0.571. The van der Waals surface area contributed by atoms with Crippen LogP contribution >= 0.6 is 0 Å². The Balaban J connectivity index is 3.11. The Morgan fingerprint density at radius 1 is 1.31 bits per heavy atom. The number of rotatable bonds is 4. The second kappa shape index (κ2) is 4.88. The average molecular weight is 220 g/mol. The summed E-state index contributed by atoms with van der Waals surface area (Å²) in [5.74, 6) is 0.524. The van der Waals surface area contributed by atoms with Crippen molar-refractivity contribution >= 4 is 5.69 Å². The van der Waals surface area contributed by atoms with Gasteiger partial charge in [0.25, 0.3) is 0 Å². The highest BCUT2D eigenvalue weighted by atomic mass is 15.0. The first-order valence-electron chi connectivity index (χ1n) is 5.95. The molecule has 0 bridgehead atoms. The van der Waals surface area contributed by atoms with Crippen molar-refractivity contribution in [3.63, 3.8) is 0 Å². The van der Waals surface area contributed by atoms with Gasteiger partial charge in [0.2, 0.25) is 0 Å². The van der Waals surface area contributed by atoms with E-state index in [4.69, 9.17) is 5.73 Å². The van der Waals surface area contributed by atoms with Crippen molar-refractivity contribution in [3.05, 3.63) is 29.3 Å². The first-order chi connectivity index (χ1) is 7.37. The molecule has 1 aromatic carbocycles. The van der Waals surface area contributed by atoms with Gasteiger partial charge in [0.05, 0.1) is 0 Å². The molecule has 0 saturated carbocycles. The van der Waals surface area contributed by atoms with Crippen molar-refractivity contribution in [2.24, 2.45) is 5.73 Å². The SMILES string of the molecule is Cc1cccc(C(C)C)c1NC(C)(C)CN. The van der Waals surface area contributed by atoms with Crippen molar-refractivity contribution in [2.75, 3.05) is 11.9 Å². The quantitative estimate of drug-likeness (QED) is 0.817. The van der Waals surface area contributed by atoms with Crippen molar-refractivity contribution in [1.29, 1.82) is 0 Å². The van der Waals surface area contributed by atoms with Crippen LogP contribution in [0.25, 0.3) is 0 Å². The molecule has 0 aliphatic rings. The maximum atomic E-state index is 5.77. The molecule has 3 N–H and O–H groups in total. The molecule has 0 unspecified atom stereocenters. The summed E-state index contributed by atoms with van der Waals surface area (Å²) in [6.45, 7) is 11.5. The Morgan fingerprint density at radius 2 is 1.94 bits per heavy atom. The second-order valence-corrected chi connectivity index (χ2v) is 5.41. The number of nitrogens with two attached hydrogens (primary N) is 1. The Labute approximate surface area is 99.2 Å². The van der Waals surface area contributed by atoms with Crippen molar-refractivity contribution in [1.82, 2.24) is 0 Å². The minimum atomic E-state index is -0.0598. The monoisotopic (exact) mass is 220 g/mol. The lowest BCUT2D eigenvalue weighted by molar-refractivity contribution is 0.578. The summed E-state index contributed by atoms with van der Waals surface area (Å²) >= 11 is 0. The molecule has 0 aliphatic heterocycles. The fourth-order valence-electron chi connectivity index (χ4n) is 1.73. The Hall–Kier alpha value is -1.02. The van der Waals surface area contributed by atoms with Gasteiger partial charge in [0.15, 0.2) is 0 Å². The minimum absolute atomic E-state index is 0.0598. The van der Waals surface area contributed by atoms with Gasteiger partial charge in [0, 0.05) is 17.8 Å². The molecule has 0 radical (unpaired) electrons. The molecule has 0 spiro atoms. The molecule has 0 aliphatic carbocycles. The molecule has 1 rings (SSSR count). The number of benzene rings is 1. The van der Waals surface area contributed by atoms with Crippen LogP contribution < -0.4 is 11.1 Å². The van der Waals surface area contributed by atoms with E-state index in [1.165, 1.54) is 16.8 Å². The van der Waals surface area contributed by atoms with Crippen LogP contribution in [0.4, 0.5) is 5.69 Å². The number of aryl methyl sites for hydroxylation is 1. The third-order valence-corrected chi connectivity index (χ3v) is 2.90. The van der Waals surface area contributed by atoms with E-state index in [0.717, 1.165) is 0 Å². The Kier molecular flexibility index (Phi) is 3.98. The Bertz CT molecular complexity index is 354. The molecule has 1 aromatic rings. The Morgan fingerprint density at radius 3 is 2.44 bits per heavy atom. The van der Waals surface area contributed by atoms with Gasteiger partial charge in [-0.2, -0.15) is 0 Å². The predicted octanol–water partition coefficient (Wildman–Crippen LogP) is 3.27. The van der Waals surface area contributed by atoms with Gasteiger partial charge in [-0.05, 0) is 37.8 Å². The summed E-state index contributed by atoms with van der Waals surface area (Å²) in [4.78, 5) is 0. The molecule has 0 heterocycles. The largest absolute Gasteiger partial charge is 0.378 e. The van der Waals surface area contributed by atoms with Crippen LogP contribution in [0.5, 0.6) is 0 Å². The number of anilines is 1. The summed E-state index contributed by atoms with van der Waals surface area (Å²) in [5, 5.41) is 3.56. The lowest BCUT2D eigenvalue weighted by Gasteiger charge is -2.29. The van der Waals surface area contributed by atoms with E-state index >= 15 is 0 Å². The zero-order valence-electron chi connectivity index (χ0n) is 11.1. The maximum Gasteiger partial charge on any atom is 0.0439 e. The molecule has 2 nitrogen and oxygen atoms in total. The highest BCUT2D eigenvalue weighted by Gasteiger charge is 2.18. The summed E-state index contributed by atoms with van der Waals surface area (Å²) in [7, 11) is 0. The first-order valence-corrected chi connectivity index (χ1v) is 5.95. The van der Waals surface area contributed by atoms with E-state index in [-0.39, 0.29) is 5.54 Å². The van der Waals surface area contributed by atoms with Crippen LogP contribution in [0, 0.1) is 6.92 Å². The molecular formula is C14H24N2.